The monoisotopic (exact) mass is 314 g/mol. The number of fused-ring (bicyclic) bond motifs is 2. The molecule has 0 aromatic carbocycles. The molecule has 0 radical (unpaired) electrons. The van der Waals surface area contributed by atoms with E-state index in [0.29, 0.717) is 29.8 Å². The minimum atomic E-state index is -0.0933. The number of rotatable bonds is 4. The third-order valence-corrected chi connectivity index (χ3v) is 6.78. The van der Waals surface area contributed by atoms with Gasteiger partial charge in [0.15, 0.2) is 5.78 Å². The summed E-state index contributed by atoms with van der Waals surface area (Å²) in [6.45, 7) is 6.30. The summed E-state index contributed by atoms with van der Waals surface area (Å²) in [6.07, 6.45) is 11.0. The van der Waals surface area contributed by atoms with Crippen LogP contribution in [0.25, 0.3) is 0 Å². The predicted molar refractivity (Wildman–Crippen MR) is 93.1 cm³/mol. The molecule has 2 heteroatoms. The number of allylic oxidation sites excluding steroid dienone is 4. The molecule has 0 spiro atoms. The van der Waals surface area contributed by atoms with Crippen LogP contribution in [0.1, 0.15) is 78.6 Å². The van der Waals surface area contributed by atoms with E-state index < -0.39 is 0 Å². The molecule has 3 atom stereocenters. The standard InChI is InChI=1S/C21H30O2/c1-4-11-21(14(3)22)12-10-18-17-9-7-16(23)13-15(17)6-8-19(18)20(21)5-2/h13,19-20H,4-12H2,1-3H3/t19-,20?,21?/m1/s1. The van der Waals surface area contributed by atoms with Crippen molar-refractivity contribution in [2.24, 2.45) is 17.3 Å². The Kier molecular flexibility index (Phi) is 4.62. The Balaban J connectivity index is 2.01. The Hall–Kier alpha value is -1.18. The first-order chi connectivity index (χ1) is 11.0. The fraction of sp³-hybridized carbons (Fsp3) is 0.714. The van der Waals surface area contributed by atoms with Gasteiger partial charge in [-0.3, -0.25) is 9.59 Å². The zero-order valence-corrected chi connectivity index (χ0v) is 14.9. The average Bonchev–Trinajstić information content (AvgIpc) is 2.53. The van der Waals surface area contributed by atoms with Crippen molar-refractivity contribution in [1.29, 1.82) is 0 Å². The summed E-state index contributed by atoms with van der Waals surface area (Å²) < 4.78 is 0. The van der Waals surface area contributed by atoms with E-state index in [2.05, 4.69) is 13.8 Å². The zero-order valence-electron chi connectivity index (χ0n) is 14.9. The highest BCUT2D eigenvalue weighted by molar-refractivity contribution is 5.93. The van der Waals surface area contributed by atoms with Crippen LogP contribution in [0.15, 0.2) is 22.8 Å². The molecule has 23 heavy (non-hydrogen) atoms. The summed E-state index contributed by atoms with van der Waals surface area (Å²) in [5.74, 6) is 1.78. The Morgan fingerprint density at radius 2 is 2.00 bits per heavy atom. The first-order valence-corrected chi connectivity index (χ1v) is 9.50. The van der Waals surface area contributed by atoms with Gasteiger partial charge in [-0.25, -0.2) is 0 Å². The molecule has 1 saturated carbocycles. The van der Waals surface area contributed by atoms with Gasteiger partial charge in [0.25, 0.3) is 0 Å². The van der Waals surface area contributed by atoms with E-state index in [1.165, 1.54) is 11.1 Å². The average molecular weight is 314 g/mol. The van der Waals surface area contributed by atoms with Gasteiger partial charge in [0.05, 0.1) is 0 Å². The topological polar surface area (TPSA) is 34.1 Å². The highest BCUT2D eigenvalue weighted by atomic mass is 16.1. The molecule has 0 aliphatic heterocycles. The van der Waals surface area contributed by atoms with Gasteiger partial charge < -0.3 is 0 Å². The summed E-state index contributed by atoms with van der Waals surface area (Å²) in [5.41, 5.74) is 4.32. The molecule has 1 fully saturated rings. The summed E-state index contributed by atoms with van der Waals surface area (Å²) >= 11 is 0. The van der Waals surface area contributed by atoms with Crippen molar-refractivity contribution in [2.75, 3.05) is 0 Å². The normalized spacial score (nSPS) is 33.9. The number of hydrogen-bond donors (Lipinski definition) is 0. The number of Topliss-reactive ketones (excluding diaryl/α,β-unsaturated/α-hetero) is 1. The summed E-state index contributed by atoms with van der Waals surface area (Å²) in [7, 11) is 0. The van der Waals surface area contributed by atoms with Gasteiger partial charge in [0.1, 0.15) is 5.78 Å². The zero-order chi connectivity index (χ0) is 16.6. The number of carbonyl (C=O) groups is 2. The van der Waals surface area contributed by atoms with Crippen molar-refractivity contribution in [2.45, 2.75) is 78.6 Å². The van der Waals surface area contributed by atoms with Crippen molar-refractivity contribution in [3.05, 3.63) is 22.8 Å². The van der Waals surface area contributed by atoms with Crippen LogP contribution in [0.4, 0.5) is 0 Å². The molecule has 3 aliphatic carbocycles. The van der Waals surface area contributed by atoms with E-state index in [4.69, 9.17) is 0 Å². The largest absolute Gasteiger partial charge is 0.299 e. The van der Waals surface area contributed by atoms with Gasteiger partial charge in [-0.1, -0.05) is 32.3 Å². The molecule has 126 valence electrons. The third-order valence-electron chi connectivity index (χ3n) is 6.78. The first kappa shape index (κ1) is 16.7. The number of carbonyl (C=O) groups excluding carboxylic acids is 2. The van der Waals surface area contributed by atoms with Crippen LogP contribution in [-0.2, 0) is 9.59 Å². The highest BCUT2D eigenvalue weighted by Gasteiger charge is 2.50. The van der Waals surface area contributed by atoms with Gasteiger partial charge in [0.2, 0.25) is 0 Å². The predicted octanol–water partition coefficient (Wildman–Crippen LogP) is 5.18. The Morgan fingerprint density at radius 3 is 2.65 bits per heavy atom. The lowest BCUT2D eigenvalue weighted by Gasteiger charge is -2.50. The smallest absolute Gasteiger partial charge is 0.156 e. The van der Waals surface area contributed by atoms with E-state index >= 15 is 0 Å². The van der Waals surface area contributed by atoms with Gasteiger partial charge in [-0.05, 0) is 74.5 Å². The molecule has 0 heterocycles. The second kappa shape index (κ2) is 6.37. The van der Waals surface area contributed by atoms with E-state index in [1.54, 1.807) is 5.57 Å². The van der Waals surface area contributed by atoms with Crippen LogP contribution >= 0.6 is 0 Å². The molecule has 0 amide bonds. The van der Waals surface area contributed by atoms with Crippen LogP contribution in [0, 0.1) is 17.3 Å². The lowest BCUT2D eigenvalue weighted by Crippen LogP contribution is -2.46. The van der Waals surface area contributed by atoms with Crippen LogP contribution in [0.3, 0.4) is 0 Å². The molecular weight excluding hydrogens is 284 g/mol. The van der Waals surface area contributed by atoms with Crippen LogP contribution in [-0.4, -0.2) is 11.6 Å². The van der Waals surface area contributed by atoms with Crippen LogP contribution in [0.5, 0.6) is 0 Å². The van der Waals surface area contributed by atoms with E-state index in [1.807, 2.05) is 13.0 Å². The molecule has 2 unspecified atom stereocenters. The van der Waals surface area contributed by atoms with Crippen molar-refractivity contribution >= 4 is 11.6 Å². The molecule has 0 aromatic heterocycles. The highest BCUT2D eigenvalue weighted by Crippen LogP contribution is 2.56. The number of ketones is 2. The first-order valence-electron chi connectivity index (χ1n) is 9.50. The Morgan fingerprint density at radius 1 is 1.22 bits per heavy atom. The molecule has 0 N–H and O–H groups in total. The van der Waals surface area contributed by atoms with E-state index in [-0.39, 0.29) is 5.41 Å². The quantitative estimate of drug-likeness (QED) is 0.716. The molecule has 2 nitrogen and oxygen atoms in total. The maximum atomic E-state index is 12.6. The minimum absolute atomic E-state index is 0.0933. The van der Waals surface area contributed by atoms with Crippen molar-refractivity contribution in [1.82, 2.24) is 0 Å². The van der Waals surface area contributed by atoms with Gasteiger partial charge >= 0.3 is 0 Å². The Labute approximate surface area is 140 Å². The van der Waals surface area contributed by atoms with Crippen molar-refractivity contribution < 1.29 is 9.59 Å². The minimum Gasteiger partial charge on any atom is -0.299 e. The summed E-state index contributed by atoms with van der Waals surface area (Å²) in [4.78, 5) is 24.3. The second-order valence-corrected chi connectivity index (χ2v) is 7.76. The van der Waals surface area contributed by atoms with Gasteiger partial charge in [0, 0.05) is 11.8 Å². The van der Waals surface area contributed by atoms with E-state index in [9.17, 15) is 9.59 Å². The fourth-order valence-corrected chi connectivity index (χ4v) is 5.81. The van der Waals surface area contributed by atoms with Gasteiger partial charge in [-0.15, -0.1) is 0 Å². The number of hydrogen-bond acceptors (Lipinski definition) is 2. The molecule has 0 saturated heterocycles. The van der Waals surface area contributed by atoms with Crippen LogP contribution in [0.2, 0.25) is 0 Å². The molecular formula is C21H30O2. The lowest BCUT2D eigenvalue weighted by molar-refractivity contribution is -0.134. The lowest BCUT2D eigenvalue weighted by atomic mass is 9.53. The van der Waals surface area contributed by atoms with Gasteiger partial charge in [-0.2, -0.15) is 0 Å². The second-order valence-electron chi connectivity index (χ2n) is 7.76. The van der Waals surface area contributed by atoms with E-state index in [0.717, 1.165) is 51.4 Å². The Bertz CT molecular complexity index is 581. The SMILES string of the molecule is CCCC1(C(C)=O)CCC2=C3CCC(=O)C=C3CC[C@H]2C1CC. The molecule has 0 aromatic rings. The maximum absolute atomic E-state index is 12.6. The van der Waals surface area contributed by atoms with Crippen molar-refractivity contribution in [3.63, 3.8) is 0 Å². The third kappa shape index (κ3) is 2.64. The summed E-state index contributed by atoms with van der Waals surface area (Å²) in [6, 6.07) is 0. The van der Waals surface area contributed by atoms with Crippen LogP contribution < -0.4 is 0 Å². The molecule has 3 aliphatic rings. The summed E-state index contributed by atoms with van der Waals surface area (Å²) in [5, 5.41) is 0. The molecule has 3 rings (SSSR count). The van der Waals surface area contributed by atoms with Crippen molar-refractivity contribution in [3.8, 4) is 0 Å². The maximum Gasteiger partial charge on any atom is 0.156 e. The molecule has 0 bridgehead atoms. The fourth-order valence-electron chi connectivity index (χ4n) is 5.81.